The lowest BCUT2D eigenvalue weighted by Gasteiger charge is -2.22. The zero-order valence-electron chi connectivity index (χ0n) is 52.9. The number of hydrogen-bond acceptors (Lipinski definition) is 5. The van der Waals surface area contributed by atoms with E-state index in [1.807, 2.05) is 0 Å². The topological polar surface area (TPSA) is 95.9 Å². The molecule has 0 aliphatic carbocycles. The molecule has 0 rings (SSSR count). The summed E-state index contributed by atoms with van der Waals surface area (Å²) in [5.74, 6) is -0.0221. The first-order chi connectivity index (χ1) is 38.5. The van der Waals surface area contributed by atoms with E-state index in [1.54, 1.807) is 0 Å². The van der Waals surface area contributed by atoms with Gasteiger partial charge in [-0.15, -0.1) is 0 Å². The Hall–Kier alpha value is -1.66. The molecule has 0 aromatic heterocycles. The molecular weight excluding hydrogens is 959 g/mol. The van der Waals surface area contributed by atoms with Gasteiger partial charge in [-0.3, -0.25) is 9.59 Å². The van der Waals surface area contributed by atoms with Gasteiger partial charge >= 0.3 is 5.97 Å². The summed E-state index contributed by atoms with van der Waals surface area (Å²) in [6, 6.07) is -0.539. The third kappa shape index (κ3) is 63.5. The van der Waals surface area contributed by atoms with Crippen LogP contribution < -0.4 is 5.32 Å². The van der Waals surface area contributed by atoms with Crippen LogP contribution in [0.3, 0.4) is 0 Å². The van der Waals surface area contributed by atoms with Crippen LogP contribution in [0.1, 0.15) is 399 Å². The molecule has 0 aliphatic rings. The monoisotopic (exact) mass is 1100 g/mol. The summed E-state index contributed by atoms with van der Waals surface area (Å²) in [6.45, 7) is 4.95. The molecule has 0 bridgehead atoms. The number of allylic oxidation sites excluding steroid dienone is 4. The molecule has 0 radical (unpaired) electrons. The quantitative estimate of drug-likeness (QED) is 0.0320. The van der Waals surface area contributed by atoms with Crippen LogP contribution in [0.25, 0.3) is 0 Å². The van der Waals surface area contributed by atoms with Gasteiger partial charge in [0.1, 0.15) is 0 Å². The van der Waals surface area contributed by atoms with E-state index in [9.17, 15) is 19.8 Å². The number of ether oxygens (including phenoxy) is 1. The van der Waals surface area contributed by atoms with E-state index in [0.717, 1.165) is 51.4 Å². The smallest absolute Gasteiger partial charge is 0.305 e. The van der Waals surface area contributed by atoms with Crippen LogP contribution in [-0.2, 0) is 14.3 Å². The molecule has 0 aromatic carbocycles. The van der Waals surface area contributed by atoms with Gasteiger partial charge in [-0.2, -0.15) is 0 Å². The maximum atomic E-state index is 12.5. The van der Waals surface area contributed by atoms with Crippen LogP contribution in [0.2, 0.25) is 0 Å². The number of carbonyl (C=O) groups excluding carboxylic acids is 2. The van der Waals surface area contributed by atoms with Crippen LogP contribution >= 0.6 is 0 Å². The number of nitrogens with one attached hydrogen (secondary N) is 1. The zero-order valence-corrected chi connectivity index (χ0v) is 52.9. The first-order valence-electron chi connectivity index (χ1n) is 35.6. The Morgan fingerprint density at radius 1 is 0.359 bits per heavy atom. The minimum Gasteiger partial charge on any atom is -0.466 e. The van der Waals surface area contributed by atoms with Gasteiger partial charge in [-0.1, -0.05) is 359 Å². The second-order valence-corrected chi connectivity index (χ2v) is 24.6. The van der Waals surface area contributed by atoms with E-state index >= 15 is 0 Å². The highest BCUT2D eigenvalue weighted by Crippen LogP contribution is 2.19. The number of aliphatic hydroxyl groups is 2. The van der Waals surface area contributed by atoms with Crippen molar-refractivity contribution in [3.8, 4) is 0 Å². The van der Waals surface area contributed by atoms with E-state index < -0.39 is 12.1 Å². The molecule has 1 amide bonds. The average Bonchev–Trinajstić information content (AvgIpc) is 3.44. The highest BCUT2D eigenvalue weighted by Gasteiger charge is 2.20. The molecule has 0 fully saturated rings. The molecule has 462 valence electrons. The highest BCUT2D eigenvalue weighted by atomic mass is 16.5. The summed E-state index contributed by atoms with van der Waals surface area (Å²) in [5, 5.41) is 23.4. The number of aliphatic hydroxyl groups excluding tert-OH is 2. The maximum Gasteiger partial charge on any atom is 0.305 e. The Bertz CT molecular complexity index is 1220. The van der Waals surface area contributed by atoms with Gasteiger partial charge in [-0.05, 0) is 51.4 Å². The van der Waals surface area contributed by atoms with E-state index in [4.69, 9.17) is 4.74 Å². The first-order valence-corrected chi connectivity index (χ1v) is 35.6. The van der Waals surface area contributed by atoms with Crippen LogP contribution in [0, 0.1) is 0 Å². The SMILES string of the molecule is CCCC/C=C\C/C=C\CCCCCCCC(=O)OCCCCCCCCCCCCCCCCCCCCCCCCCCCCCCCC(=O)NC(CO)C(O)CCCCCCCCCCCCCCCCCCCC. The molecule has 6 nitrogen and oxygen atoms in total. The zero-order chi connectivity index (χ0) is 56.4. The summed E-state index contributed by atoms with van der Waals surface area (Å²) < 4.78 is 5.48. The van der Waals surface area contributed by atoms with Crippen LogP contribution in [0.4, 0.5) is 0 Å². The molecule has 0 aromatic rings. The molecule has 2 unspecified atom stereocenters. The second kappa shape index (κ2) is 67.8. The molecule has 78 heavy (non-hydrogen) atoms. The van der Waals surface area contributed by atoms with Crippen molar-refractivity contribution in [2.45, 2.75) is 411 Å². The lowest BCUT2D eigenvalue weighted by molar-refractivity contribution is -0.143. The molecule has 0 heterocycles. The molecule has 3 N–H and O–H groups in total. The Labute approximate surface area is 488 Å². The molecule has 0 saturated carbocycles. The Balaban J connectivity index is 3.34. The molecule has 0 saturated heterocycles. The predicted molar refractivity (Wildman–Crippen MR) is 343 cm³/mol. The van der Waals surface area contributed by atoms with Crippen LogP contribution in [0.15, 0.2) is 24.3 Å². The van der Waals surface area contributed by atoms with Crippen molar-refractivity contribution < 1.29 is 24.5 Å². The first kappa shape index (κ1) is 76.3. The second-order valence-electron chi connectivity index (χ2n) is 24.6. The third-order valence-corrected chi connectivity index (χ3v) is 16.8. The third-order valence-electron chi connectivity index (χ3n) is 16.8. The van der Waals surface area contributed by atoms with Crippen molar-refractivity contribution in [3.05, 3.63) is 24.3 Å². The average molecular weight is 1100 g/mol. The largest absolute Gasteiger partial charge is 0.466 e. The lowest BCUT2D eigenvalue weighted by atomic mass is 10.0. The van der Waals surface area contributed by atoms with Crippen molar-refractivity contribution in [1.29, 1.82) is 0 Å². The summed E-state index contributed by atoms with van der Waals surface area (Å²) in [5.41, 5.74) is 0. The summed E-state index contributed by atoms with van der Waals surface area (Å²) in [6.07, 6.45) is 85.2. The summed E-state index contributed by atoms with van der Waals surface area (Å²) >= 11 is 0. The van der Waals surface area contributed by atoms with E-state index in [-0.39, 0.29) is 18.5 Å². The van der Waals surface area contributed by atoms with Crippen LogP contribution in [0.5, 0.6) is 0 Å². The van der Waals surface area contributed by atoms with Gasteiger partial charge in [0, 0.05) is 12.8 Å². The summed E-state index contributed by atoms with van der Waals surface area (Å²) in [4.78, 5) is 24.6. The molecule has 6 heteroatoms. The number of rotatable bonds is 67. The van der Waals surface area contributed by atoms with Crippen molar-refractivity contribution in [3.63, 3.8) is 0 Å². The number of unbranched alkanes of at least 4 members (excludes halogenated alkanes) is 52. The minimum atomic E-state index is -0.662. The van der Waals surface area contributed by atoms with Gasteiger partial charge in [0.15, 0.2) is 0 Å². The normalized spacial score (nSPS) is 12.6. The fourth-order valence-electron chi connectivity index (χ4n) is 11.3. The van der Waals surface area contributed by atoms with Gasteiger partial charge in [0.2, 0.25) is 5.91 Å². The minimum absolute atomic E-state index is 0.00546. The van der Waals surface area contributed by atoms with E-state index in [0.29, 0.717) is 25.9 Å². The number of esters is 1. The molecule has 2 atom stereocenters. The Kier molecular flexibility index (Phi) is 66.4. The van der Waals surface area contributed by atoms with Gasteiger partial charge in [-0.25, -0.2) is 0 Å². The van der Waals surface area contributed by atoms with Gasteiger partial charge in [0.05, 0.1) is 25.4 Å². The highest BCUT2D eigenvalue weighted by molar-refractivity contribution is 5.76. The number of carbonyl (C=O) groups is 2. The van der Waals surface area contributed by atoms with Crippen LogP contribution in [-0.4, -0.2) is 47.4 Å². The maximum absolute atomic E-state index is 12.5. The summed E-state index contributed by atoms with van der Waals surface area (Å²) in [7, 11) is 0. The number of amides is 1. The fraction of sp³-hybridized carbons (Fsp3) is 0.917. The molecular formula is C72H139NO5. The Morgan fingerprint density at radius 2 is 0.654 bits per heavy atom. The van der Waals surface area contributed by atoms with Crippen molar-refractivity contribution in [1.82, 2.24) is 5.32 Å². The Morgan fingerprint density at radius 3 is 1.01 bits per heavy atom. The molecule has 0 spiro atoms. The predicted octanol–water partition coefficient (Wildman–Crippen LogP) is 22.9. The van der Waals surface area contributed by atoms with Crippen molar-refractivity contribution >= 4 is 11.9 Å². The standard InChI is InChI=1S/C72H139NO5/c1-3-5-7-9-11-13-15-17-19-20-34-37-40-44-48-52-56-60-64-70(75)69(68-74)73-71(76)65-61-57-53-49-45-41-38-35-32-30-28-26-24-22-21-23-25-27-29-31-33-36-39-43-47-51-55-59-63-67-78-72(77)66-62-58-54-50-46-42-18-16-14-12-10-8-6-4-2/h10,12,16,18,69-70,74-75H,3-9,11,13-15,17,19-68H2,1-2H3,(H,73,76)/b12-10-,18-16-. The van der Waals surface area contributed by atoms with E-state index in [2.05, 4.69) is 43.5 Å². The molecule has 0 aliphatic heterocycles. The van der Waals surface area contributed by atoms with Crippen molar-refractivity contribution in [2.24, 2.45) is 0 Å². The number of hydrogen-bond donors (Lipinski definition) is 3. The lowest BCUT2D eigenvalue weighted by Crippen LogP contribution is -2.45. The van der Waals surface area contributed by atoms with E-state index in [1.165, 1.54) is 315 Å². The van der Waals surface area contributed by atoms with Gasteiger partial charge < -0.3 is 20.3 Å². The van der Waals surface area contributed by atoms with Crippen molar-refractivity contribution in [2.75, 3.05) is 13.2 Å². The van der Waals surface area contributed by atoms with Gasteiger partial charge in [0.25, 0.3) is 0 Å². The fourth-order valence-corrected chi connectivity index (χ4v) is 11.3.